The minimum Gasteiger partial charge on any atom is -0.340 e. The van der Waals surface area contributed by atoms with E-state index in [1.807, 2.05) is 17.7 Å². The van der Waals surface area contributed by atoms with E-state index in [0.29, 0.717) is 16.9 Å². The molecule has 2 heterocycles. The summed E-state index contributed by atoms with van der Waals surface area (Å²) in [5.74, 6) is 0.0525. The van der Waals surface area contributed by atoms with Crippen molar-refractivity contribution >= 4 is 40.1 Å². The summed E-state index contributed by atoms with van der Waals surface area (Å²) in [6.07, 6.45) is -0.178. The van der Waals surface area contributed by atoms with E-state index in [1.54, 1.807) is 36.4 Å². The minimum atomic E-state index is -0.962. The van der Waals surface area contributed by atoms with Crippen molar-refractivity contribution in [3.8, 4) is 0 Å². The Labute approximate surface area is 173 Å². The third-order valence-electron chi connectivity index (χ3n) is 5.16. The SMILES string of the molecule is CC(C)c1nc2cc(NC(=O)CC3NC(=O)c4ccccc4NC3=O)ccc2n1C. The summed E-state index contributed by atoms with van der Waals surface area (Å²) in [7, 11) is 1.97. The van der Waals surface area contributed by atoms with Crippen molar-refractivity contribution in [2.45, 2.75) is 32.2 Å². The Morgan fingerprint density at radius 2 is 1.97 bits per heavy atom. The van der Waals surface area contributed by atoms with Crippen LogP contribution in [0.25, 0.3) is 11.0 Å². The van der Waals surface area contributed by atoms with E-state index in [-0.39, 0.29) is 18.2 Å². The standard InChI is InChI=1S/C22H23N5O3/c1-12(2)20-24-16-10-13(8-9-18(16)27(20)3)23-19(28)11-17-22(30)25-15-7-5-4-6-14(15)21(29)26-17/h4-10,12,17H,11H2,1-3H3,(H,23,28)(H,25,30)(H,26,29). The van der Waals surface area contributed by atoms with Crippen LogP contribution in [0, 0.1) is 0 Å². The van der Waals surface area contributed by atoms with Gasteiger partial charge in [-0.15, -0.1) is 0 Å². The van der Waals surface area contributed by atoms with Gasteiger partial charge in [-0.2, -0.15) is 0 Å². The molecule has 8 heteroatoms. The number of nitrogens with zero attached hydrogens (tertiary/aromatic N) is 2. The first kappa shape index (κ1) is 19.6. The molecule has 0 radical (unpaired) electrons. The lowest BCUT2D eigenvalue weighted by molar-refractivity contribution is -0.122. The number of aromatic nitrogens is 2. The Hall–Kier alpha value is -3.68. The summed E-state index contributed by atoms with van der Waals surface area (Å²) in [4.78, 5) is 42.1. The molecule has 1 aliphatic rings. The molecule has 0 bridgehead atoms. The molecule has 2 aromatic carbocycles. The topological polar surface area (TPSA) is 105 Å². The van der Waals surface area contributed by atoms with Crippen LogP contribution in [0.5, 0.6) is 0 Å². The number of nitrogens with one attached hydrogen (secondary N) is 3. The number of carbonyl (C=O) groups excluding carboxylic acids is 3. The van der Waals surface area contributed by atoms with Crippen LogP contribution in [-0.2, 0) is 16.6 Å². The maximum Gasteiger partial charge on any atom is 0.254 e. The lowest BCUT2D eigenvalue weighted by Crippen LogP contribution is -2.43. The van der Waals surface area contributed by atoms with Crippen LogP contribution in [0.15, 0.2) is 42.5 Å². The number of aryl methyl sites for hydroxylation is 1. The van der Waals surface area contributed by atoms with Crippen molar-refractivity contribution in [3.05, 3.63) is 53.9 Å². The monoisotopic (exact) mass is 405 g/mol. The second kappa shape index (κ2) is 7.62. The fraction of sp³-hybridized carbons (Fsp3) is 0.273. The number of imidazole rings is 1. The second-order valence-corrected chi connectivity index (χ2v) is 7.70. The number of rotatable bonds is 4. The van der Waals surface area contributed by atoms with E-state index in [4.69, 9.17) is 0 Å². The predicted octanol–water partition coefficient (Wildman–Crippen LogP) is 2.78. The number of fused-ring (bicyclic) bond motifs is 2. The first-order valence-electron chi connectivity index (χ1n) is 9.80. The van der Waals surface area contributed by atoms with E-state index in [1.165, 1.54) is 0 Å². The molecular weight excluding hydrogens is 382 g/mol. The van der Waals surface area contributed by atoms with Crippen molar-refractivity contribution < 1.29 is 14.4 Å². The minimum absolute atomic E-state index is 0.178. The first-order valence-corrected chi connectivity index (χ1v) is 9.80. The van der Waals surface area contributed by atoms with E-state index >= 15 is 0 Å². The van der Waals surface area contributed by atoms with Crippen molar-refractivity contribution in [3.63, 3.8) is 0 Å². The van der Waals surface area contributed by atoms with Crippen molar-refractivity contribution in [2.24, 2.45) is 7.05 Å². The van der Waals surface area contributed by atoms with Gasteiger partial charge >= 0.3 is 0 Å². The van der Waals surface area contributed by atoms with Crippen molar-refractivity contribution in [2.75, 3.05) is 10.6 Å². The molecule has 0 saturated heterocycles. The van der Waals surface area contributed by atoms with Crippen LogP contribution in [0.2, 0.25) is 0 Å². The molecule has 0 saturated carbocycles. The summed E-state index contributed by atoms with van der Waals surface area (Å²) < 4.78 is 2.04. The fourth-order valence-corrected chi connectivity index (χ4v) is 3.67. The van der Waals surface area contributed by atoms with Gasteiger partial charge in [0, 0.05) is 18.7 Å². The molecule has 1 aliphatic heterocycles. The number of carbonyl (C=O) groups is 3. The van der Waals surface area contributed by atoms with Gasteiger partial charge < -0.3 is 20.5 Å². The molecular formula is C22H23N5O3. The van der Waals surface area contributed by atoms with Gasteiger partial charge in [0.2, 0.25) is 11.8 Å². The third-order valence-corrected chi connectivity index (χ3v) is 5.16. The quantitative estimate of drug-likeness (QED) is 0.621. The number of hydrogen-bond acceptors (Lipinski definition) is 4. The molecule has 1 aromatic heterocycles. The van der Waals surface area contributed by atoms with Gasteiger partial charge in [0.15, 0.2) is 0 Å². The average Bonchev–Trinajstić information content (AvgIpc) is 2.98. The molecule has 0 fully saturated rings. The molecule has 4 rings (SSSR count). The van der Waals surface area contributed by atoms with Gasteiger partial charge in [0.1, 0.15) is 11.9 Å². The van der Waals surface area contributed by atoms with Crippen LogP contribution in [0.1, 0.15) is 42.4 Å². The Balaban J connectivity index is 1.48. The molecule has 0 aliphatic carbocycles. The molecule has 154 valence electrons. The van der Waals surface area contributed by atoms with Crippen molar-refractivity contribution in [1.29, 1.82) is 0 Å². The third kappa shape index (κ3) is 3.63. The molecule has 3 N–H and O–H groups in total. The zero-order valence-corrected chi connectivity index (χ0v) is 17.0. The summed E-state index contributed by atoms with van der Waals surface area (Å²) in [6, 6.07) is 11.3. The largest absolute Gasteiger partial charge is 0.340 e. The molecule has 1 unspecified atom stereocenters. The summed E-state index contributed by atoms with van der Waals surface area (Å²) in [5.41, 5.74) is 3.16. The Morgan fingerprint density at radius 3 is 2.73 bits per heavy atom. The number of hydrogen-bond donors (Lipinski definition) is 3. The maximum atomic E-state index is 12.6. The average molecular weight is 405 g/mol. The Kier molecular flexibility index (Phi) is 4.99. The summed E-state index contributed by atoms with van der Waals surface area (Å²) >= 11 is 0. The molecule has 3 amide bonds. The van der Waals surface area contributed by atoms with E-state index < -0.39 is 17.9 Å². The Morgan fingerprint density at radius 1 is 1.20 bits per heavy atom. The van der Waals surface area contributed by atoms with Crippen LogP contribution in [0.4, 0.5) is 11.4 Å². The van der Waals surface area contributed by atoms with Gasteiger partial charge in [-0.1, -0.05) is 26.0 Å². The molecule has 8 nitrogen and oxygen atoms in total. The Bertz CT molecular complexity index is 1160. The number of anilines is 2. The van der Waals surface area contributed by atoms with Gasteiger partial charge in [0.25, 0.3) is 5.91 Å². The van der Waals surface area contributed by atoms with Crippen LogP contribution in [0.3, 0.4) is 0 Å². The lowest BCUT2D eigenvalue weighted by atomic mass is 10.1. The number of benzene rings is 2. The zero-order chi connectivity index (χ0) is 21.4. The number of para-hydroxylation sites is 1. The van der Waals surface area contributed by atoms with Gasteiger partial charge in [0.05, 0.1) is 28.7 Å². The smallest absolute Gasteiger partial charge is 0.254 e. The van der Waals surface area contributed by atoms with Gasteiger partial charge in [-0.25, -0.2) is 4.98 Å². The molecule has 3 aromatic rings. The van der Waals surface area contributed by atoms with Crippen LogP contribution < -0.4 is 16.0 Å². The van der Waals surface area contributed by atoms with Crippen molar-refractivity contribution in [1.82, 2.24) is 14.9 Å². The van der Waals surface area contributed by atoms with E-state index in [0.717, 1.165) is 16.9 Å². The number of amides is 3. The summed E-state index contributed by atoms with van der Waals surface area (Å²) in [5, 5.41) is 8.12. The highest BCUT2D eigenvalue weighted by Crippen LogP contribution is 2.24. The predicted molar refractivity (Wildman–Crippen MR) is 114 cm³/mol. The normalized spacial score (nSPS) is 16.1. The van der Waals surface area contributed by atoms with Crippen LogP contribution in [-0.4, -0.2) is 33.3 Å². The van der Waals surface area contributed by atoms with E-state index in [2.05, 4.69) is 34.8 Å². The molecule has 0 spiro atoms. The zero-order valence-electron chi connectivity index (χ0n) is 17.0. The van der Waals surface area contributed by atoms with Gasteiger partial charge in [-0.3, -0.25) is 14.4 Å². The van der Waals surface area contributed by atoms with Crippen LogP contribution >= 0.6 is 0 Å². The van der Waals surface area contributed by atoms with E-state index in [9.17, 15) is 14.4 Å². The van der Waals surface area contributed by atoms with Gasteiger partial charge in [-0.05, 0) is 30.3 Å². The maximum absolute atomic E-state index is 12.6. The first-order chi connectivity index (χ1) is 14.3. The second-order valence-electron chi connectivity index (χ2n) is 7.70. The highest BCUT2D eigenvalue weighted by molar-refractivity contribution is 6.11. The molecule has 1 atom stereocenters. The highest BCUT2D eigenvalue weighted by Gasteiger charge is 2.29. The summed E-state index contributed by atoms with van der Waals surface area (Å²) in [6.45, 7) is 4.16. The lowest BCUT2D eigenvalue weighted by Gasteiger charge is -2.14. The fourth-order valence-electron chi connectivity index (χ4n) is 3.67. The highest BCUT2D eigenvalue weighted by atomic mass is 16.2. The molecule has 30 heavy (non-hydrogen) atoms.